The number of anilines is 2. The third-order valence-corrected chi connectivity index (χ3v) is 4.35. The fourth-order valence-electron chi connectivity index (χ4n) is 2.28. The van der Waals surface area contributed by atoms with Gasteiger partial charge in [0.1, 0.15) is 5.82 Å². The summed E-state index contributed by atoms with van der Waals surface area (Å²) in [6.07, 6.45) is 1.69. The summed E-state index contributed by atoms with van der Waals surface area (Å²) in [5.74, 6) is -1.46. The fourth-order valence-corrected chi connectivity index (χ4v) is 2.98. The van der Waals surface area contributed by atoms with Crippen molar-refractivity contribution in [1.29, 1.82) is 0 Å². The summed E-state index contributed by atoms with van der Waals surface area (Å²) < 4.78 is 13.2. The van der Waals surface area contributed by atoms with Crippen molar-refractivity contribution in [2.45, 2.75) is 6.42 Å². The van der Waals surface area contributed by atoms with Crippen LogP contribution in [0.15, 0.2) is 29.8 Å². The van der Waals surface area contributed by atoms with E-state index in [4.69, 9.17) is 11.6 Å². The monoisotopic (exact) mass is 339 g/mol. The van der Waals surface area contributed by atoms with Gasteiger partial charge in [-0.1, -0.05) is 11.6 Å². The molecule has 1 aliphatic heterocycles. The van der Waals surface area contributed by atoms with Crippen LogP contribution < -0.4 is 10.2 Å². The lowest BCUT2D eigenvalue weighted by Crippen LogP contribution is -2.28. The third-order valence-electron chi connectivity index (χ3n) is 3.37. The molecule has 2 aromatic rings. The van der Waals surface area contributed by atoms with Gasteiger partial charge < -0.3 is 10.2 Å². The fraction of sp³-hybridized carbons (Fsp3) is 0.214. The maximum atomic E-state index is 13.2. The van der Waals surface area contributed by atoms with Crippen molar-refractivity contribution in [3.8, 4) is 0 Å². The molecule has 0 aliphatic carbocycles. The molecule has 1 saturated heterocycles. The maximum Gasteiger partial charge on any atom is 0.231 e. The van der Waals surface area contributed by atoms with Crippen molar-refractivity contribution < 1.29 is 14.0 Å². The molecular formula is C14H11ClFN3O2S. The summed E-state index contributed by atoms with van der Waals surface area (Å²) in [4.78, 5) is 29.6. The summed E-state index contributed by atoms with van der Waals surface area (Å²) >= 11 is 7.05. The number of nitrogens with one attached hydrogen (secondary N) is 1. The number of carbonyl (C=O) groups is 2. The lowest BCUT2D eigenvalue weighted by Gasteiger charge is -2.17. The summed E-state index contributed by atoms with van der Waals surface area (Å²) in [5.41, 5.74) is 0.487. The Hall–Kier alpha value is -1.99. The lowest BCUT2D eigenvalue weighted by atomic mass is 10.1. The van der Waals surface area contributed by atoms with Crippen LogP contribution in [0.4, 0.5) is 15.2 Å². The van der Waals surface area contributed by atoms with E-state index < -0.39 is 11.7 Å². The van der Waals surface area contributed by atoms with Crippen molar-refractivity contribution in [3.05, 3.63) is 40.6 Å². The van der Waals surface area contributed by atoms with Gasteiger partial charge >= 0.3 is 0 Å². The van der Waals surface area contributed by atoms with Crippen LogP contribution in [0.3, 0.4) is 0 Å². The summed E-state index contributed by atoms with van der Waals surface area (Å²) in [7, 11) is 0. The number of amides is 2. The number of carbonyl (C=O) groups excluding carboxylic acids is 2. The molecule has 0 radical (unpaired) electrons. The zero-order valence-electron chi connectivity index (χ0n) is 11.3. The molecule has 1 aromatic carbocycles. The first-order chi connectivity index (χ1) is 10.5. The molecule has 0 unspecified atom stereocenters. The van der Waals surface area contributed by atoms with Crippen LogP contribution in [0, 0.1) is 11.7 Å². The predicted molar refractivity (Wildman–Crippen MR) is 82.6 cm³/mol. The number of nitrogens with zero attached hydrogens (tertiary/aromatic N) is 2. The second kappa shape index (κ2) is 6.02. The molecule has 2 heterocycles. The normalized spacial score (nSPS) is 17.8. The van der Waals surface area contributed by atoms with Gasteiger partial charge in [0.05, 0.1) is 10.9 Å². The summed E-state index contributed by atoms with van der Waals surface area (Å²) in [6.45, 7) is 0.234. The van der Waals surface area contributed by atoms with Crippen molar-refractivity contribution in [2.75, 3.05) is 16.8 Å². The Kier molecular flexibility index (Phi) is 4.08. The second-order valence-corrected chi connectivity index (χ2v) is 6.13. The zero-order chi connectivity index (χ0) is 15.7. The van der Waals surface area contributed by atoms with Crippen LogP contribution in [-0.4, -0.2) is 23.3 Å². The van der Waals surface area contributed by atoms with Crippen molar-refractivity contribution >= 4 is 45.6 Å². The Balaban J connectivity index is 1.72. The number of halogens is 2. The molecule has 0 saturated carbocycles. The van der Waals surface area contributed by atoms with Gasteiger partial charge in [0, 0.05) is 30.2 Å². The molecule has 1 aliphatic rings. The van der Waals surface area contributed by atoms with E-state index in [1.54, 1.807) is 11.6 Å². The van der Waals surface area contributed by atoms with Crippen molar-refractivity contribution in [1.82, 2.24) is 4.98 Å². The minimum atomic E-state index is -0.546. The van der Waals surface area contributed by atoms with Gasteiger partial charge in [-0.3, -0.25) is 9.59 Å². The van der Waals surface area contributed by atoms with Crippen LogP contribution in [0.1, 0.15) is 6.42 Å². The minimum Gasteiger partial charge on any atom is -0.312 e. The summed E-state index contributed by atoms with van der Waals surface area (Å²) in [6, 6.07) is 4.06. The van der Waals surface area contributed by atoms with Gasteiger partial charge in [0.15, 0.2) is 5.13 Å². The smallest absolute Gasteiger partial charge is 0.231 e. The first-order valence-corrected chi connectivity index (χ1v) is 7.76. The van der Waals surface area contributed by atoms with E-state index in [1.807, 2.05) is 0 Å². The Bertz CT molecular complexity index is 723. The van der Waals surface area contributed by atoms with E-state index >= 15 is 0 Å². The standard InChI is InChI=1S/C14H11ClFN3O2S/c15-10-6-9(1-2-11(10)16)19-7-8(5-12(19)20)13(21)18-14-17-3-4-22-14/h1-4,6,8H,5,7H2,(H,17,18,21)/t8-/m0/s1. The number of hydrogen-bond donors (Lipinski definition) is 1. The molecule has 1 atom stereocenters. The highest BCUT2D eigenvalue weighted by atomic mass is 35.5. The molecule has 0 bridgehead atoms. The zero-order valence-corrected chi connectivity index (χ0v) is 12.8. The van der Waals surface area contributed by atoms with Gasteiger partial charge in [-0.15, -0.1) is 11.3 Å². The Morgan fingerprint density at radius 1 is 1.50 bits per heavy atom. The van der Waals surface area contributed by atoms with Gasteiger partial charge in [-0.2, -0.15) is 0 Å². The largest absolute Gasteiger partial charge is 0.312 e. The van der Waals surface area contributed by atoms with E-state index in [0.29, 0.717) is 10.8 Å². The Morgan fingerprint density at radius 2 is 2.32 bits per heavy atom. The molecule has 1 fully saturated rings. The predicted octanol–water partition coefficient (Wildman–Crippen LogP) is 2.93. The van der Waals surface area contributed by atoms with E-state index in [0.717, 1.165) is 0 Å². The molecule has 114 valence electrons. The average molecular weight is 340 g/mol. The topological polar surface area (TPSA) is 62.3 Å². The maximum absolute atomic E-state index is 13.2. The molecule has 8 heteroatoms. The van der Waals surface area contributed by atoms with Crippen LogP contribution in [0.5, 0.6) is 0 Å². The number of thiazole rings is 1. The SMILES string of the molecule is O=C(Nc1nccs1)[C@H]1CC(=O)N(c2ccc(F)c(Cl)c2)C1. The quantitative estimate of drug-likeness (QED) is 0.935. The number of rotatable bonds is 3. The molecule has 22 heavy (non-hydrogen) atoms. The van der Waals surface area contributed by atoms with E-state index in [9.17, 15) is 14.0 Å². The van der Waals surface area contributed by atoms with Gasteiger partial charge in [-0.05, 0) is 18.2 Å². The summed E-state index contributed by atoms with van der Waals surface area (Å²) in [5, 5.41) is 4.88. The molecule has 3 rings (SSSR count). The van der Waals surface area contributed by atoms with Crippen molar-refractivity contribution in [2.24, 2.45) is 5.92 Å². The number of aromatic nitrogens is 1. The first kappa shape index (κ1) is 14.9. The van der Waals surface area contributed by atoms with E-state index in [-0.39, 0.29) is 29.8 Å². The van der Waals surface area contributed by atoms with Crippen LogP contribution in [0.25, 0.3) is 0 Å². The second-order valence-electron chi connectivity index (χ2n) is 4.83. The first-order valence-electron chi connectivity index (χ1n) is 6.50. The highest BCUT2D eigenvalue weighted by Crippen LogP contribution is 2.29. The van der Waals surface area contributed by atoms with Crippen LogP contribution in [0.2, 0.25) is 5.02 Å². The molecular weight excluding hydrogens is 329 g/mol. The number of benzene rings is 1. The number of hydrogen-bond acceptors (Lipinski definition) is 4. The van der Waals surface area contributed by atoms with Crippen LogP contribution in [-0.2, 0) is 9.59 Å². The Labute approximate surface area is 134 Å². The Morgan fingerprint density at radius 3 is 3.00 bits per heavy atom. The third kappa shape index (κ3) is 2.95. The van der Waals surface area contributed by atoms with Gasteiger partial charge in [-0.25, -0.2) is 9.37 Å². The van der Waals surface area contributed by atoms with Gasteiger partial charge in [0.2, 0.25) is 11.8 Å². The van der Waals surface area contributed by atoms with E-state index in [1.165, 1.54) is 34.4 Å². The molecule has 2 amide bonds. The minimum absolute atomic E-state index is 0.0546. The lowest BCUT2D eigenvalue weighted by molar-refractivity contribution is -0.122. The molecule has 1 aromatic heterocycles. The molecule has 5 nitrogen and oxygen atoms in total. The molecule has 0 spiro atoms. The molecule has 1 N–H and O–H groups in total. The highest BCUT2D eigenvalue weighted by molar-refractivity contribution is 7.13. The van der Waals surface area contributed by atoms with E-state index in [2.05, 4.69) is 10.3 Å². The van der Waals surface area contributed by atoms with Gasteiger partial charge in [0.25, 0.3) is 0 Å². The average Bonchev–Trinajstić information content (AvgIpc) is 3.11. The highest BCUT2D eigenvalue weighted by Gasteiger charge is 2.35. The van der Waals surface area contributed by atoms with Crippen LogP contribution >= 0.6 is 22.9 Å². The van der Waals surface area contributed by atoms with Crippen molar-refractivity contribution in [3.63, 3.8) is 0 Å².